The Labute approximate surface area is 102 Å². The van der Waals surface area contributed by atoms with Gasteiger partial charge in [-0.05, 0) is 0 Å². The van der Waals surface area contributed by atoms with Gasteiger partial charge in [-0.25, -0.2) is 9.67 Å². The molecule has 0 aliphatic carbocycles. The van der Waals surface area contributed by atoms with E-state index < -0.39 is 0 Å². The van der Waals surface area contributed by atoms with Crippen LogP contribution in [0, 0.1) is 0 Å². The van der Waals surface area contributed by atoms with Crippen molar-refractivity contribution in [2.45, 2.75) is 13.5 Å². The number of imidazole rings is 1. The van der Waals surface area contributed by atoms with E-state index in [1.807, 2.05) is 0 Å². The highest BCUT2D eigenvalue weighted by atomic mass is 16.2. The zero-order chi connectivity index (χ0) is 13.1. The third-order valence-corrected chi connectivity index (χ3v) is 2.08. The molecular weight excluding hydrogens is 238 g/mol. The van der Waals surface area contributed by atoms with Crippen LogP contribution in [0.4, 0.5) is 11.8 Å². The van der Waals surface area contributed by atoms with Crippen molar-refractivity contribution in [3.8, 4) is 0 Å². The molecule has 2 aromatic heterocycles. The average Bonchev–Trinajstić information content (AvgIpc) is 2.87. The Hall–Kier alpha value is -2.71. The zero-order valence-corrected chi connectivity index (χ0v) is 9.57. The minimum atomic E-state index is -0.302. The van der Waals surface area contributed by atoms with Gasteiger partial charge in [-0.15, -0.1) is 5.10 Å². The second kappa shape index (κ2) is 4.65. The minimum Gasteiger partial charge on any atom is -0.369 e. The van der Waals surface area contributed by atoms with Crippen molar-refractivity contribution in [3.63, 3.8) is 0 Å². The maximum atomic E-state index is 11.8. The average molecular weight is 249 g/mol. The summed E-state index contributed by atoms with van der Waals surface area (Å²) in [5.74, 6) is -0.160. The molecule has 0 spiro atoms. The van der Waals surface area contributed by atoms with Crippen LogP contribution in [0.3, 0.4) is 0 Å². The summed E-state index contributed by atoms with van der Waals surface area (Å²) in [5.41, 5.74) is 5.49. The quantitative estimate of drug-likeness (QED) is 0.746. The van der Waals surface area contributed by atoms with Gasteiger partial charge in [0, 0.05) is 19.3 Å². The molecule has 0 saturated carbocycles. The molecule has 1 amide bonds. The van der Waals surface area contributed by atoms with E-state index in [-0.39, 0.29) is 30.1 Å². The molecule has 0 saturated heterocycles. The number of hydrogen-bond donors (Lipinski definition) is 2. The molecule has 3 N–H and O–H groups in total. The first-order valence-electron chi connectivity index (χ1n) is 5.06. The Morgan fingerprint density at radius 1 is 1.50 bits per heavy atom. The molecule has 0 unspecified atom stereocenters. The highest BCUT2D eigenvalue weighted by Crippen LogP contribution is 2.02. The Balaban J connectivity index is 2.06. The Bertz CT molecular complexity index is 585. The third kappa shape index (κ3) is 2.51. The first-order valence-corrected chi connectivity index (χ1v) is 5.06. The van der Waals surface area contributed by atoms with Gasteiger partial charge < -0.3 is 11.1 Å². The van der Waals surface area contributed by atoms with Gasteiger partial charge in [0.2, 0.25) is 11.9 Å². The predicted octanol–water partition coefficient (Wildman–Crippen LogP) is -0.644. The summed E-state index contributed by atoms with van der Waals surface area (Å²) in [7, 11) is 0. The normalized spacial score (nSPS) is 10.3. The van der Waals surface area contributed by atoms with E-state index >= 15 is 0 Å². The number of nitrogen functional groups attached to an aromatic ring is 1. The van der Waals surface area contributed by atoms with E-state index in [0.29, 0.717) is 0 Å². The van der Waals surface area contributed by atoms with Gasteiger partial charge >= 0.3 is 0 Å². The second-order valence-electron chi connectivity index (χ2n) is 3.53. The van der Waals surface area contributed by atoms with Crippen molar-refractivity contribution < 1.29 is 9.59 Å². The molecule has 0 bridgehead atoms. The lowest BCUT2D eigenvalue weighted by atomic mass is 10.5. The number of nitrogens with two attached hydrogens (primary N) is 1. The molecule has 0 aromatic carbocycles. The van der Waals surface area contributed by atoms with Crippen LogP contribution in [-0.4, -0.2) is 36.4 Å². The summed E-state index contributed by atoms with van der Waals surface area (Å²) in [6, 6.07) is 0. The molecule has 2 aromatic rings. The minimum absolute atomic E-state index is 0.0485. The van der Waals surface area contributed by atoms with Gasteiger partial charge in [0.05, 0.1) is 6.20 Å². The van der Waals surface area contributed by atoms with Gasteiger partial charge in [0.15, 0.2) is 5.82 Å². The molecule has 9 nitrogen and oxygen atoms in total. The van der Waals surface area contributed by atoms with Crippen LogP contribution in [0.5, 0.6) is 0 Å². The number of rotatable bonds is 3. The molecule has 2 rings (SSSR count). The fourth-order valence-corrected chi connectivity index (χ4v) is 1.35. The smallest absolute Gasteiger partial charge is 0.255 e. The lowest BCUT2D eigenvalue weighted by Gasteiger charge is -2.02. The molecule has 0 aliphatic heterocycles. The largest absolute Gasteiger partial charge is 0.369 e. The lowest BCUT2D eigenvalue weighted by Crippen LogP contribution is -2.19. The first-order chi connectivity index (χ1) is 8.56. The van der Waals surface area contributed by atoms with Crippen molar-refractivity contribution in [2.24, 2.45) is 0 Å². The van der Waals surface area contributed by atoms with Crippen LogP contribution in [0.1, 0.15) is 11.7 Å². The number of aromatic nitrogens is 5. The van der Waals surface area contributed by atoms with Crippen molar-refractivity contribution in [1.82, 2.24) is 24.5 Å². The molecule has 0 radical (unpaired) electrons. The number of carbonyl (C=O) groups is 2. The Morgan fingerprint density at radius 2 is 2.28 bits per heavy atom. The van der Waals surface area contributed by atoms with Crippen molar-refractivity contribution in [3.05, 3.63) is 18.6 Å². The van der Waals surface area contributed by atoms with Crippen LogP contribution < -0.4 is 11.1 Å². The van der Waals surface area contributed by atoms with Crippen LogP contribution in [0.2, 0.25) is 0 Å². The Morgan fingerprint density at radius 3 is 2.89 bits per heavy atom. The number of nitrogens with zero attached hydrogens (tertiary/aromatic N) is 5. The maximum Gasteiger partial charge on any atom is 0.255 e. The highest BCUT2D eigenvalue weighted by Gasteiger charge is 2.10. The topological polar surface area (TPSA) is 121 Å². The number of carbonyl (C=O) groups excluding carboxylic acids is 2. The van der Waals surface area contributed by atoms with Gasteiger partial charge in [-0.3, -0.25) is 14.2 Å². The third-order valence-electron chi connectivity index (χ3n) is 2.08. The second-order valence-corrected chi connectivity index (χ2v) is 3.53. The summed E-state index contributed by atoms with van der Waals surface area (Å²) in [4.78, 5) is 26.3. The fraction of sp³-hybridized carbons (Fsp3) is 0.222. The number of anilines is 2. The molecule has 2 heterocycles. The maximum absolute atomic E-state index is 11.8. The zero-order valence-electron chi connectivity index (χ0n) is 9.57. The van der Waals surface area contributed by atoms with E-state index in [9.17, 15) is 9.59 Å². The molecule has 18 heavy (non-hydrogen) atoms. The van der Waals surface area contributed by atoms with E-state index in [0.717, 1.165) is 0 Å². The van der Waals surface area contributed by atoms with E-state index in [1.165, 1.54) is 34.8 Å². The van der Waals surface area contributed by atoms with Gasteiger partial charge in [-0.2, -0.15) is 0 Å². The Kier molecular flexibility index (Phi) is 3.04. The van der Waals surface area contributed by atoms with Gasteiger partial charge in [-0.1, -0.05) is 5.21 Å². The first kappa shape index (κ1) is 11.8. The number of amides is 1. The number of nitrogens with one attached hydrogen (secondary N) is 1. The van der Waals surface area contributed by atoms with Crippen molar-refractivity contribution in [2.75, 3.05) is 11.1 Å². The van der Waals surface area contributed by atoms with E-state index in [1.54, 1.807) is 0 Å². The van der Waals surface area contributed by atoms with Gasteiger partial charge in [0.25, 0.3) is 5.91 Å². The molecular formula is C9H11N7O2. The standard InChI is InChI=1S/C9H11N7O2/c1-6(17)12-7-4-15(14-13-7)5-8(18)16-3-2-11-9(16)10/h2-4H,5H2,1H3,(H2,10,11)(H,12,17). The summed E-state index contributed by atoms with van der Waals surface area (Å²) in [6.45, 7) is 1.31. The molecule has 94 valence electrons. The van der Waals surface area contributed by atoms with Crippen molar-refractivity contribution in [1.29, 1.82) is 0 Å². The molecule has 0 fully saturated rings. The fourth-order valence-electron chi connectivity index (χ4n) is 1.35. The van der Waals surface area contributed by atoms with Crippen LogP contribution in [0.25, 0.3) is 0 Å². The van der Waals surface area contributed by atoms with Crippen LogP contribution in [0.15, 0.2) is 18.6 Å². The van der Waals surface area contributed by atoms with E-state index in [2.05, 4.69) is 20.6 Å². The van der Waals surface area contributed by atoms with Gasteiger partial charge in [0.1, 0.15) is 6.54 Å². The molecule has 0 atom stereocenters. The highest BCUT2D eigenvalue weighted by molar-refractivity contribution is 5.87. The molecule has 9 heteroatoms. The summed E-state index contributed by atoms with van der Waals surface area (Å²) in [5, 5.41) is 9.85. The SMILES string of the molecule is CC(=O)Nc1cn(CC(=O)n2ccnc2N)nn1. The van der Waals surface area contributed by atoms with E-state index in [4.69, 9.17) is 5.73 Å². The van der Waals surface area contributed by atoms with Crippen LogP contribution in [-0.2, 0) is 11.3 Å². The monoisotopic (exact) mass is 249 g/mol. The summed E-state index contributed by atoms with van der Waals surface area (Å²) >= 11 is 0. The van der Waals surface area contributed by atoms with Crippen molar-refractivity contribution >= 4 is 23.6 Å². The summed E-state index contributed by atoms with van der Waals surface area (Å²) < 4.78 is 2.51. The lowest BCUT2D eigenvalue weighted by molar-refractivity contribution is -0.114. The van der Waals surface area contributed by atoms with Crippen LogP contribution >= 0.6 is 0 Å². The summed E-state index contributed by atoms with van der Waals surface area (Å²) in [6.07, 6.45) is 4.34. The predicted molar refractivity (Wildman–Crippen MR) is 61.6 cm³/mol. The number of hydrogen-bond acceptors (Lipinski definition) is 6. The molecule has 0 aliphatic rings.